The van der Waals surface area contributed by atoms with Crippen LogP contribution in [0.2, 0.25) is 0 Å². The second-order valence-corrected chi connectivity index (χ2v) is 5.47. The first kappa shape index (κ1) is 12.4. The largest absolute Gasteiger partial charge is 0.384 e. The summed E-state index contributed by atoms with van der Waals surface area (Å²) in [5.41, 5.74) is 3.98. The lowest BCUT2D eigenvalue weighted by molar-refractivity contribution is 0.217. The molecule has 1 N–H and O–H groups in total. The zero-order valence-corrected chi connectivity index (χ0v) is 11.3. The third-order valence-electron chi connectivity index (χ3n) is 3.70. The van der Waals surface area contributed by atoms with E-state index in [1.807, 2.05) is 0 Å². The first-order valence-corrected chi connectivity index (χ1v) is 6.65. The van der Waals surface area contributed by atoms with Crippen LogP contribution in [0.5, 0.6) is 0 Å². The van der Waals surface area contributed by atoms with E-state index in [1.165, 1.54) is 42.7 Å². The van der Waals surface area contributed by atoms with Crippen molar-refractivity contribution in [1.82, 2.24) is 4.90 Å². The summed E-state index contributed by atoms with van der Waals surface area (Å²) < 4.78 is 0. The number of likely N-dealkylation sites (tertiary alicyclic amines) is 1. The summed E-state index contributed by atoms with van der Waals surface area (Å²) in [7, 11) is 2.23. The molecule has 1 saturated heterocycles. The van der Waals surface area contributed by atoms with E-state index < -0.39 is 0 Å². The molecule has 1 fully saturated rings. The predicted molar refractivity (Wildman–Crippen MR) is 74.6 cm³/mol. The second-order valence-electron chi connectivity index (χ2n) is 5.47. The van der Waals surface area contributed by atoms with Crippen LogP contribution >= 0.6 is 0 Å². The van der Waals surface area contributed by atoms with E-state index in [-0.39, 0.29) is 0 Å². The predicted octanol–water partition coefficient (Wildman–Crippen LogP) is 3.06. The molecule has 0 aromatic heterocycles. The Balaban J connectivity index is 1.90. The van der Waals surface area contributed by atoms with Crippen LogP contribution in [0.3, 0.4) is 0 Å². The summed E-state index contributed by atoms with van der Waals surface area (Å²) in [6, 6.07) is 6.63. The molecule has 0 saturated carbocycles. The molecule has 1 heterocycles. The van der Waals surface area contributed by atoms with E-state index in [0.29, 0.717) is 0 Å². The number of aryl methyl sites for hydroxylation is 2. The highest BCUT2D eigenvalue weighted by molar-refractivity contribution is 5.52. The fraction of sp³-hybridized carbons (Fsp3) is 0.600. The van der Waals surface area contributed by atoms with E-state index in [4.69, 9.17) is 0 Å². The van der Waals surface area contributed by atoms with Crippen molar-refractivity contribution >= 4 is 5.69 Å². The Morgan fingerprint density at radius 3 is 2.94 bits per heavy atom. The molecule has 1 aromatic carbocycles. The van der Waals surface area contributed by atoms with Crippen LogP contribution in [0.4, 0.5) is 5.69 Å². The van der Waals surface area contributed by atoms with Crippen molar-refractivity contribution in [3.8, 4) is 0 Å². The van der Waals surface area contributed by atoms with Gasteiger partial charge in [0.05, 0.1) is 0 Å². The molecule has 0 radical (unpaired) electrons. The summed E-state index contributed by atoms with van der Waals surface area (Å²) >= 11 is 0. The molecule has 1 atom stereocenters. The molecule has 2 heteroatoms. The zero-order valence-electron chi connectivity index (χ0n) is 11.3. The lowest BCUT2D eigenvalue weighted by Crippen LogP contribution is -2.35. The van der Waals surface area contributed by atoms with Gasteiger partial charge < -0.3 is 10.2 Å². The van der Waals surface area contributed by atoms with Gasteiger partial charge in [0.1, 0.15) is 0 Å². The Kier molecular flexibility index (Phi) is 4.06. The van der Waals surface area contributed by atoms with Crippen LogP contribution in [-0.4, -0.2) is 31.6 Å². The van der Waals surface area contributed by atoms with E-state index in [1.54, 1.807) is 0 Å². The molecule has 1 aliphatic rings. The van der Waals surface area contributed by atoms with Crippen molar-refractivity contribution in [2.24, 2.45) is 5.92 Å². The number of anilines is 1. The van der Waals surface area contributed by atoms with Crippen molar-refractivity contribution in [1.29, 1.82) is 0 Å². The van der Waals surface area contributed by atoms with Gasteiger partial charge in [-0.1, -0.05) is 12.1 Å². The van der Waals surface area contributed by atoms with Crippen LogP contribution in [0.15, 0.2) is 18.2 Å². The quantitative estimate of drug-likeness (QED) is 0.861. The van der Waals surface area contributed by atoms with Gasteiger partial charge in [-0.05, 0) is 63.4 Å². The normalized spacial score (nSPS) is 21.5. The zero-order chi connectivity index (χ0) is 12.3. The number of benzene rings is 1. The average Bonchev–Trinajstić information content (AvgIpc) is 2.30. The van der Waals surface area contributed by atoms with Crippen LogP contribution in [0.1, 0.15) is 24.0 Å². The molecule has 1 unspecified atom stereocenters. The Hall–Kier alpha value is -1.02. The molecular formula is C15H24N2. The molecule has 2 rings (SSSR count). The summed E-state index contributed by atoms with van der Waals surface area (Å²) in [5.74, 6) is 0.800. The van der Waals surface area contributed by atoms with Crippen LogP contribution in [-0.2, 0) is 0 Å². The van der Waals surface area contributed by atoms with Gasteiger partial charge >= 0.3 is 0 Å². The monoisotopic (exact) mass is 232 g/mol. The topological polar surface area (TPSA) is 15.3 Å². The number of piperidine rings is 1. The minimum Gasteiger partial charge on any atom is -0.384 e. The highest BCUT2D eigenvalue weighted by Crippen LogP contribution is 2.19. The summed E-state index contributed by atoms with van der Waals surface area (Å²) in [5, 5.41) is 3.62. The van der Waals surface area contributed by atoms with Gasteiger partial charge in [-0.2, -0.15) is 0 Å². The number of hydrogen-bond donors (Lipinski definition) is 1. The van der Waals surface area contributed by atoms with E-state index in [2.05, 4.69) is 49.3 Å². The van der Waals surface area contributed by atoms with Gasteiger partial charge in [-0.3, -0.25) is 0 Å². The Morgan fingerprint density at radius 1 is 1.35 bits per heavy atom. The molecule has 1 aromatic rings. The van der Waals surface area contributed by atoms with Gasteiger partial charge in [-0.25, -0.2) is 0 Å². The summed E-state index contributed by atoms with van der Waals surface area (Å²) in [4.78, 5) is 2.44. The standard InChI is InChI=1S/C15H24N2/c1-12-6-7-13(2)15(9-12)16-10-14-5-4-8-17(3)11-14/h6-7,9,14,16H,4-5,8,10-11H2,1-3H3. The second kappa shape index (κ2) is 5.54. The maximum atomic E-state index is 3.62. The third kappa shape index (κ3) is 3.47. The Morgan fingerprint density at radius 2 is 2.18 bits per heavy atom. The summed E-state index contributed by atoms with van der Waals surface area (Å²) in [6.45, 7) is 7.93. The molecule has 1 aliphatic heterocycles. The fourth-order valence-corrected chi connectivity index (χ4v) is 2.62. The first-order chi connectivity index (χ1) is 8.15. The van der Waals surface area contributed by atoms with Gasteiger partial charge in [0.2, 0.25) is 0 Å². The molecule has 0 bridgehead atoms. The minimum atomic E-state index is 0.800. The Labute approximate surface area is 105 Å². The Bertz CT molecular complexity index is 373. The van der Waals surface area contributed by atoms with E-state index in [9.17, 15) is 0 Å². The minimum absolute atomic E-state index is 0.800. The number of nitrogens with zero attached hydrogens (tertiary/aromatic N) is 1. The van der Waals surface area contributed by atoms with Crippen molar-refractivity contribution in [3.05, 3.63) is 29.3 Å². The van der Waals surface area contributed by atoms with Crippen LogP contribution in [0, 0.1) is 19.8 Å². The van der Waals surface area contributed by atoms with Gasteiger partial charge in [0.15, 0.2) is 0 Å². The lowest BCUT2D eigenvalue weighted by atomic mass is 9.98. The number of hydrogen-bond acceptors (Lipinski definition) is 2. The maximum absolute atomic E-state index is 3.62. The molecule has 0 spiro atoms. The highest BCUT2D eigenvalue weighted by Gasteiger charge is 2.16. The number of rotatable bonds is 3. The summed E-state index contributed by atoms with van der Waals surface area (Å²) in [6.07, 6.45) is 2.71. The molecule has 94 valence electrons. The van der Waals surface area contributed by atoms with Crippen LogP contribution in [0.25, 0.3) is 0 Å². The van der Waals surface area contributed by atoms with Gasteiger partial charge in [0.25, 0.3) is 0 Å². The molecule has 17 heavy (non-hydrogen) atoms. The van der Waals surface area contributed by atoms with Gasteiger partial charge in [-0.15, -0.1) is 0 Å². The van der Waals surface area contributed by atoms with Crippen molar-refractivity contribution in [2.45, 2.75) is 26.7 Å². The SMILES string of the molecule is Cc1ccc(C)c(NCC2CCCN(C)C2)c1. The molecule has 2 nitrogen and oxygen atoms in total. The average molecular weight is 232 g/mol. The van der Waals surface area contributed by atoms with E-state index in [0.717, 1.165) is 12.5 Å². The first-order valence-electron chi connectivity index (χ1n) is 6.65. The molecule has 0 amide bonds. The van der Waals surface area contributed by atoms with Crippen LogP contribution < -0.4 is 5.32 Å². The van der Waals surface area contributed by atoms with Gasteiger partial charge in [0, 0.05) is 18.8 Å². The van der Waals surface area contributed by atoms with Crippen molar-refractivity contribution in [2.75, 3.05) is 32.0 Å². The lowest BCUT2D eigenvalue weighted by Gasteiger charge is -2.30. The number of nitrogens with one attached hydrogen (secondary N) is 1. The molecular weight excluding hydrogens is 208 g/mol. The van der Waals surface area contributed by atoms with Crippen molar-refractivity contribution < 1.29 is 0 Å². The highest BCUT2D eigenvalue weighted by atomic mass is 15.1. The smallest absolute Gasteiger partial charge is 0.0372 e. The van der Waals surface area contributed by atoms with Crippen molar-refractivity contribution in [3.63, 3.8) is 0 Å². The molecule has 0 aliphatic carbocycles. The fourth-order valence-electron chi connectivity index (χ4n) is 2.62. The maximum Gasteiger partial charge on any atom is 0.0372 e. The third-order valence-corrected chi connectivity index (χ3v) is 3.70. The van der Waals surface area contributed by atoms with E-state index >= 15 is 0 Å².